The van der Waals surface area contributed by atoms with E-state index in [1.807, 2.05) is 30.5 Å². The summed E-state index contributed by atoms with van der Waals surface area (Å²) in [7, 11) is -3.74. The summed E-state index contributed by atoms with van der Waals surface area (Å²) in [4.78, 5) is 20.1. The highest BCUT2D eigenvalue weighted by atomic mass is 32.2. The predicted molar refractivity (Wildman–Crippen MR) is 123 cm³/mol. The third-order valence-corrected chi connectivity index (χ3v) is 6.73. The van der Waals surface area contributed by atoms with Gasteiger partial charge in [0.25, 0.3) is 10.0 Å². The Morgan fingerprint density at radius 1 is 1.06 bits per heavy atom. The van der Waals surface area contributed by atoms with Gasteiger partial charge in [0, 0.05) is 42.2 Å². The molecule has 3 N–H and O–H groups in total. The summed E-state index contributed by atoms with van der Waals surface area (Å²) >= 11 is 0. The van der Waals surface area contributed by atoms with E-state index >= 15 is 0 Å². The molecule has 0 aliphatic carbocycles. The number of nitrogens with zero attached hydrogens (tertiary/aromatic N) is 1. The molecule has 0 atom stereocenters. The summed E-state index contributed by atoms with van der Waals surface area (Å²) < 4.78 is 28.1. The Hall–Kier alpha value is -3.13. The van der Waals surface area contributed by atoms with Crippen LogP contribution < -0.4 is 10.0 Å². The Kier molecular flexibility index (Phi) is 6.36. The monoisotopic (exact) mass is 438 g/mol. The molecule has 0 saturated heterocycles. The lowest BCUT2D eigenvalue weighted by Crippen LogP contribution is -2.30. The summed E-state index contributed by atoms with van der Waals surface area (Å²) in [5.41, 5.74) is 2.58. The van der Waals surface area contributed by atoms with Gasteiger partial charge in [-0.1, -0.05) is 30.7 Å². The van der Waals surface area contributed by atoms with Crippen LogP contribution >= 0.6 is 0 Å². The topological polar surface area (TPSA) is 103 Å². The molecule has 0 radical (unpaired) electrons. The minimum atomic E-state index is -3.74. The molecule has 0 spiro atoms. The van der Waals surface area contributed by atoms with E-state index in [4.69, 9.17) is 0 Å². The lowest BCUT2D eigenvalue weighted by molar-refractivity contribution is -0.116. The van der Waals surface area contributed by atoms with Gasteiger partial charge in [0.15, 0.2) is 0 Å². The number of amides is 1. The minimum absolute atomic E-state index is 0.105. The van der Waals surface area contributed by atoms with Crippen molar-refractivity contribution in [3.8, 4) is 0 Å². The average Bonchev–Trinajstić information content (AvgIpc) is 3.00. The maximum atomic E-state index is 12.7. The number of sulfonamides is 1. The molecule has 2 aromatic carbocycles. The molecule has 1 aromatic heterocycles. The van der Waals surface area contributed by atoms with Crippen LogP contribution in [0, 0.1) is 0 Å². The standard InChI is InChI=1S/C23H26N4O3S/c28-23(13-12-17-16-25-21-10-4-3-9-20(17)21)26-18-7-6-8-19(15-18)31(29,30)27-22-11-2-1-5-14-24-22/h3-4,6-10,15-16,25H,1-2,5,11-14H2,(H,24,27)(H,26,28). The van der Waals surface area contributed by atoms with Crippen molar-refractivity contribution in [3.63, 3.8) is 0 Å². The molecule has 1 aliphatic heterocycles. The molecular formula is C23H26N4O3S. The van der Waals surface area contributed by atoms with E-state index in [0.29, 0.717) is 37.3 Å². The number of rotatable bonds is 6. The molecule has 7 nitrogen and oxygen atoms in total. The van der Waals surface area contributed by atoms with Crippen molar-refractivity contribution >= 4 is 38.4 Å². The number of anilines is 1. The van der Waals surface area contributed by atoms with Crippen molar-refractivity contribution in [2.24, 2.45) is 4.99 Å². The Balaban J connectivity index is 1.39. The number of nitrogens with one attached hydrogen (secondary N) is 3. The van der Waals surface area contributed by atoms with Crippen molar-refractivity contribution in [3.05, 3.63) is 60.3 Å². The second-order valence-electron chi connectivity index (χ2n) is 7.68. The van der Waals surface area contributed by atoms with Crippen molar-refractivity contribution in [1.29, 1.82) is 0 Å². The van der Waals surface area contributed by atoms with Gasteiger partial charge in [-0.05, 0) is 49.1 Å². The van der Waals surface area contributed by atoms with Crippen LogP contribution in [0.25, 0.3) is 10.9 Å². The summed E-state index contributed by atoms with van der Waals surface area (Å²) in [5.74, 6) is 0.339. The second kappa shape index (κ2) is 9.34. The number of para-hydroxylation sites is 1. The zero-order chi connectivity index (χ0) is 21.7. The molecule has 1 amide bonds. The van der Waals surface area contributed by atoms with Gasteiger partial charge >= 0.3 is 0 Å². The number of hydrogen-bond donors (Lipinski definition) is 3. The maximum Gasteiger partial charge on any atom is 0.262 e. The van der Waals surface area contributed by atoms with Crippen LogP contribution in [-0.4, -0.2) is 31.7 Å². The number of aromatic amines is 1. The van der Waals surface area contributed by atoms with Crippen LogP contribution in [0.5, 0.6) is 0 Å². The first kappa shape index (κ1) is 21.1. The van der Waals surface area contributed by atoms with Gasteiger partial charge in [-0.2, -0.15) is 0 Å². The summed E-state index contributed by atoms with van der Waals surface area (Å²) in [5, 5.41) is 3.91. The molecule has 4 rings (SSSR count). The number of aryl methyl sites for hydroxylation is 1. The van der Waals surface area contributed by atoms with E-state index in [-0.39, 0.29) is 10.8 Å². The first-order valence-corrected chi connectivity index (χ1v) is 12.0. The Morgan fingerprint density at radius 3 is 2.84 bits per heavy atom. The molecule has 0 saturated carbocycles. The third-order valence-electron chi connectivity index (χ3n) is 5.35. The third kappa shape index (κ3) is 5.32. The molecule has 1 aliphatic rings. The molecule has 0 bridgehead atoms. The van der Waals surface area contributed by atoms with Crippen LogP contribution in [0.15, 0.2) is 64.6 Å². The van der Waals surface area contributed by atoms with Crippen molar-refractivity contribution in [2.45, 2.75) is 43.4 Å². The Bertz CT molecular complexity index is 1210. The van der Waals surface area contributed by atoms with Crippen molar-refractivity contribution in [2.75, 3.05) is 11.9 Å². The molecule has 31 heavy (non-hydrogen) atoms. The number of carbonyl (C=O) groups is 1. The number of H-pyrrole nitrogens is 1. The van der Waals surface area contributed by atoms with Crippen LogP contribution in [0.4, 0.5) is 5.69 Å². The number of amidine groups is 1. The van der Waals surface area contributed by atoms with Gasteiger partial charge in [0.05, 0.1) is 4.90 Å². The lowest BCUT2D eigenvalue weighted by atomic mass is 10.1. The molecular weight excluding hydrogens is 412 g/mol. The highest BCUT2D eigenvalue weighted by molar-refractivity contribution is 7.90. The van der Waals surface area contributed by atoms with Gasteiger partial charge in [0.2, 0.25) is 5.91 Å². The van der Waals surface area contributed by atoms with Crippen LogP contribution in [0.3, 0.4) is 0 Å². The highest BCUT2D eigenvalue weighted by Crippen LogP contribution is 2.20. The normalized spacial score (nSPS) is 14.6. The first-order chi connectivity index (χ1) is 15.0. The summed E-state index contributed by atoms with van der Waals surface area (Å²) in [6.45, 7) is 0.643. The maximum absolute atomic E-state index is 12.7. The average molecular weight is 439 g/mol. The number of fused-ring (bicyclic) bond motifs is 1. The SMILES string of the molecule is O=C(CCc1c[nH]c2ccccc12)Nc1cccc(S(=O)(=O)NC2=NCCCCC2)c1. The molecule has 8 heteroatoms. The Morgan fingerprint density at radius 2 is 1.94 bits per heavy atom. The molecule has 0 fully saturated rings. The first-order valence-electron chi connectivity index (χ1n) is 10.5. The van der Waals surface area contributed by atoms with Crippen LogP contribution in [-0.2, 0) is 21.2 Å². The zero-order valence-electron chi connectivity index (χ0n) is 17.2. The predicted octanol–water partition coefficient (Wildman–Crippen LogP) is 3.99. The van der Waals surface area contributed by atoms with E-state index in [1.165, 1.54) is 12.1 Å². The quantitative estimate of drug-likeness (QED) is 0.542. The van der Waals surface area contributed by atoms with Crippen molar-refractivity contribution in [1.82, 2.24) is 9.71 Å². The van der Waals surface area contributed by atoms with Crippen LogP contribution in [0.1, 0.15) is 37.7 Å². The summed E-state index contributed by atoms with van der Waals surface area (Å²) in [6.07, 6.45) is 6.40. The molecule has 162 valence electrons. The molecule has 0 unspecified atom stereocenters. The summed E-state index contributed by atoms with van der Waals surface area (Å²) in [6, 6.07) is 14.3. The van der Waals surface area contributed by atoms with E-state index in [2.05, 4.69) is 20.0 Å². The van der Waals surface area contributed by atoms with Gasteiger partial charge in [-0.3, -0.25) is 14.5 Å². The van der Waals surface area contributed by atoms with Gasteiger partial charge in [-0.15, -0.1) is 0 Å². The van der Waals surface area contributed by atoms with Crippen molar-refractivity contribution < 1.29 is 13.2 Å². The fourth-order valence-corrected chi connectivity index (χ4v) is 4.86. The smallest absolute Gasteiger partial charge is 0.262 e. The van der Waals surface area contributed by atoms with Crippen LogP contribution in [0.2, 0.25) is 0 Å². The number of carbonyl (C=O) groups excluding carboxylic acids is 1. The number of hydrogen-bond acceptors (Lipinski definition) is 4. The number of aromatic nitrogens is 1. The van der Waals surface area contributed by atoms with E-state index in [1.54, 1.807) is 12.1 Å². The Labute approximate surface area is 182 Å². The highest BCUT2D eigenvalue weighted by Gasteiger charge is 2.18. The van der Waals surface area contributed by atoms with E-state index < -0.39 is 10.0 Å². The van der Waals surface area contributed by atoms with Gasteiger partial charge < -0.3 is 10.3 Å². The fraction of sp³-hybridized carbons (Fsp3) is 0.304. The number of benzene rings is 2. The van der Waals surface area contributed by atoms with E-state index in [0.717, 1.165) is 35.7 Å². The second-order valence-corrected chi connectivity index (χ2v) is 9.36. The van der Waals surface area contributed by atoms with Gasteiger partial charge in [0.1, 0.15) is 5.84 Å². The number of aliphatic imine (C=N–C) groups is 1. The lowest BCUT2D eigenvalue weighted by Gasteiger charge is -2.11. The fourth-order valence-electron chi connectivity index (χ4n) is 3.72. The van der Waals surface area contributed by atoms with Gasteiger partial charge in [-0.25, -0.2) is 8.42 Å². The molecule has 2 heterocycles. The zero-order valence-corrected chi connectivity index (χ0v) is 18.0. The largest absolute Gasteiger partial charge is 0.361 e. The molecule has 3 aromatic rings. The minimum Gasteiger partial charge on any atom is -0.361 e. The van der Waals surface area contributed by atoms with E-state index in [9.17, 15) is 13.2 Å².